The van der Waals surface area contributed by atoms with Gasteiger partial charge in [-0.2, -0.15) is 0 Å². The smallest absolute Gasteiger partial charge is 0.312 e. The maximum Gasteiger partial charge on any atom is 0.365 e. The molecule has 4 nitrogen and oxygen atoms in total. The Labute approximate surface area is 108 Å². The lowest BCUT2D eigenvalue weighted by molar-refractivity contribution is -0.110. The number of carbonyl (C=O) groups excluding carboxylic acids is 2. The van der Waals surface area contributed by atoms with E-state index in [0.717, 1.165) is 0 Å². The maximum atomic E-state index is 11.6. The summed E-state index contributed by atoms with van der Waals surface area (Å²) in [5.41, 5.74) is 0.705. The van der Waals surface area contributed by atoms with Crippen LogP contribution in [0.25, 0.3) is 0 Å². The van der Waals surface area contributed by atoms with Gasteiger partial charge in [0.25, 0.3) is 0 Å². The second-order valence-corrected chi connectivity index (χ2v) is 3.91. The van der Waals surface area contributed by atoms with Crippen molar-refractivity contribution in [3.63, 3.8) is 0 Å². The monoisotopic (exact) mass is 261 g/mol. The van der Waals surface area contributed by atoms with Crippen LogP contribution in [0.3, 0.4) is 0 Å². The van der Waals surface area contributed by atoms with Crippen molar-refractivity contribution in [3.8, 4) is 0 Å². The van der Waals surface area contributed by atoms with Crippen molar-refractivity contribution in [3.05, 3.63) is 59.2 Å². The van der Waals surface area contributed by atoms with Gasteiger partial charge < -0.3 is 4.84 Å². The summed E-state index contributed by atoms with van der Waals surface area (Å²) in [7, 11) is 0. The predicted octanol–water partition coefficient (Wildman–Crippen LogP) is 2.55. The van der Waals surface area contributed by atoms with Crippen LogP contribution in [0, 0.1) is 0 Å². The molecule has 1 aromatic rings. The largest absolute Gasteiger partial charge is 0.365 e. The summed E-state index contributed by atoms with van der Waals surface area (Å²) in [5.74, 6) is -0.737. The second kappa shape index (κ2) is 5.42. The lowest BCUT2D eigenvalue weighted by Gasteiger charge is -2.00. The van der Waals surface area contributed by atoms with Crippen LogP contribution in [0.1, 0.15) is 10.4 Å². The first-order valence-corrected chi connectivity index (χ1v) is 5.48. The number of halogens is 1. The molecule has 0 aliphatic heterocycles. The highest BCUT2D eigenvalue weighted by atomic mass is 35.5. The molecule has 0 atom stereocenters. The third kappa shape index (κ3) is 3.15. The summed E-state index contributed by atoms with van der Waals surface area (Å²) in [4.78, 5) is 27.2. The van der Waals surface area contributed by atoms with E-state index in [9.17, 15) is 9.59 Å². The fraction of sp³-hybridized carbons (Fsp3) is 0. The highest BCUT2D eigenvalue weighted by molar-refractivity contribution is 6.30. The number of hydrogen-bond acceptors (Lipinski definition) is 4. The Bertz CT molecular complexity index is 570. The number of oxime groups is 1. The number of nitrogens with zero attached hydrogens (tertiary/aromatic N) is 1. The van der Waals surface area contributed by atoms with Crippen molar-refractivity contribution >= 4 is 29.1 Å². The summed E-state index contributed by atoms with van der Waals surface area (Å²) >= 11 is 5.75. The Morgan fingerprint density at radius 2 is 1.89 bits per heavy atom. The van der Waals surface area contributed by atoms with E-state index in [1.54, 1.807) is 18.2 Å². The minimum Gasteiger partial charge on any atom is -0.312 e. The van der Waals surface area contributed by atoms with Crippen LogP contribution in [0.15, 0.2) is 53.7 Å². The van der Waals surface area contributed by atoms with E-state index in [4.69, 9.17) is 16.4 Å². The number of ketones is 1. The van der Waals surface area contributed by atoms with E-state index in [-0.39, 0.29) is 5.78 Å². The average Bonchev–Trinajstić information content (AvgIpc) is 2.38. The molecule has 0 saturated carbocycles. The molecule has 0 saturated heterocycles. The molecular formula is C13H8ClNO3. The highest BCUT2D eigenvalue weighted by Gasteiger charge is 2.08. The number of rotatable bonds is 2. The zero-order valence-electron chi connectivity index (χ0n) is 9.17. The standard InChI is InChI=1S/C13H8ClNO3/c14-10-3-1-2-9(8-10)13(17)18-15-11-4-6-12(16)7-5-11/h1-8H. The first kappa shape index (κ1) is 12.3. The molecule has 1 aliphatic carbocycles. The van der Waals surface area contributed by atoms with Gasteiger partial charge in [-0.15, -0.1) is 0 Å². The molecule has 1 aromatic carbocycles. The van der Waals surface area contributed by atoms with Crippen molar-refractivity contribution in [1.29, 1.82) is 0 Å². The first-order valence-electron chi connectivity index (χ1n) is 5.10. The Kier molecular flexibility index (Phi) is 3.69. The molecule has 0 radical (unpaired) electrons. The number of carbonyl (C=O) groups is 2. The Hall–Kier alpha value is -2.20. The molecule has 90 valence electrons. The van der Waals surface area contributed by atoms with E-state index in [2.05, 4.69) is 5.16 Å². The lowest BCUT2D eigenvalue weighted by Crippen LogP contribution is -2.04. The second-order valence-electron chi connectivity index (χ2n) is 3.47. The number of allylic oxidation sites excluding steroid dienone is 4. The summed E-state index contributed by atoms with van der Waals surface area (Å²) in [6, 6.07) is 6.36. The first-order chi connectivity index (χ1) is 8.65. The Morgan fingerprint density at radius 1 is 1.17 bits per heavy atom. The van der Waals surface area contributed by atoms with Gasteiger partial charge in [0.2, 0.25) is 0 Å². The van der Waals surface area contributed by atoms with Crippen LogP contribution < -0.4 is 0 Å². The highest BCUT2D eigenvalue weighted by Crippen LogP contribution is 2.11. The molecule has 5 heteroatoms. The van der Waals surface area contributed by atoms with Crippen LogP contribution in [-0.2, 0) is 9.63 Å². The van der Waals surface area contributed by atoms with E-state index in [1.807, 2.05) is 0 Å². The van der Waals surface area contributed by atoms with Crippen LogP contribution in [-0.4, -0.2) is 17.5 Å². The third-order valence-electron chi connectivity index (χ3n) is 2.13. The number of benzene rings is 1. The van der Waals surface area contributed by atoms with Gasteiger partial charge in [-0.25, -0.2) is 4.79 Å². The summed E-state index contributed by atoms with van der Waals surface area (Å²) < 4.78 is 0. The number of hydrogen-bond donors (Lipinski definition) is 0. The van der Waals surface area contributed by atoms with Gasteiger partial charge in [0.05, 0.1) is 5.56 Å². The van der Waals surface area contributed by atoms with Gasteiger partial charge in [0.1, 0.15) is 5.71 Å². The maximum absolute atomic E-state index is 11.6. The van der Waals surface area contributed by atoms with Crippen LogP contribution >= 0.6 is 11.6 Å². The third-order valence-corrected chi connectivity index (χ3v) is 2.37. The zero-order valence-corrected chi connectivity index (χ0v) is 9.92. The zero-order chi connectivity index (χ0) is 13.0. The molecule has 0 heterocycles. The fourth-order valence-electron chi connectivity index (χ4n) is 1.27. The summed E-state index contributed by atoms with van der Waals surface area (Å²) in [5, 5.41) is 4.07. The average molecular weight is 262 g/mol. The van der Waals surface area contributed by atoms with Crippen molar-refractivity contribution in [1.82, 2.24) is 0 Å². The summed E-state index contributed by atoms with van der Waals surface area (Å²) in [6.45, 7) is 0. The molecule has 0 fully saturated rings. The molecular weight excluding hydrogens is 254 g/mol. The van der Waals surface area contributed by atoms with Crippen LogP contribution in [0.4, 0.5) is 0 Å². The van der Waals surface area contributed by atoms with E-state index in [1.165, 1.54) is 30.4 Å². The Morgan fingerprint density at radius 3 is 2.56 bits per heavy atom. The molecule has 0 amide bonds. The van der Waals surface area contributed by atoms with Crippen LogP contribution in [0.2, 0.25) is 5.02 Å². The molecule has 1 aliphatic rings. The van der Waals surface area contributed by atoms with Gasteiger partial charge in [0, 0.05) is 5.02 Å². The lowest BCUT2D eigenvalue weighted by atomic mass is 10.2. The molecule has 0 bridgehead atoms. The van der Waals surface area contributed by atoms with Gasteiger partial charge in [-0.3, -0.25) is 4.79 Å². The quantitative estimate of drug-likeness (QED) is 0.467. The van der Waals surface area contributed by atoms with Crippen molar-refractivity contribution < 1.29 is 14.4 Å². The molecule has 18 heavy (non-hydrogen) atoms. The van der Waals surface area contributed by atoms with Gasteiger partial charge in [-0.1, -0.05) is 22.8 Å². The van der Waals surface area contributed by atoms with E-state index < -0.39 is 5.97 Å². The van der Waals surface area contributed by atoms with E-state index in [0.29, 0.717) is 16.3 Å². The Balaban J connectivity index is 2.05. The molecule has 2 rings (SSSR count). The SMILES string of the molecule is O=C1C=CC(=NOC(=O)c2cccc(Cl)c2)C=C1. The van der Waals surface area contributed by atoms with Crippen LogP contribution in [0.5, 0.6) is 0 Å². The predicted molar refractivity (Wildman–Crippen MR) is 67.6 cm³/mol. The normalized spacial score (nSPS) is 13.6. The van der Waals surface area contributed by atoms with Gasteiger partial charge in [-0.05, 0) is 42.5 Å². The fourth-order valence-corrected chi connectivity index (χ4v) is 1.46. The molecule has 0 spiro atoms. The van der Waals surface area contributed by atoms with Gasteiger partial charge >= 0.3 is 5.97 Å². The minimum absolute atomic E-state index is 0.130. The van der Waals surface area contributed by atoms with Crippen molar-refractivity contribution in [2.24, 2.45) is 5.16 Å². The molecule has 0 N–H and O–H groups in total. The van der Waals surface area contributed by atoms with Gasteiger partial charge in [0.15, 0.2) is 5.78 Å². The molecule has 0 aromatic heterocycles. The van der Waals surface area contributed by atoms with Crippen molar-refractivity contribution in [2.75, 3.05) is 0 Å². The minimum atomic E-state index is -0.608. The van der Waals surface area contributed by atoms with E-state index >= 15 is 0 Å². The molecule has 0 unspecified atom stereocenters. The van der Waals surface area contributed by atoms with Crippen molar-refractivity contribution in [2.45, 2.75) is 0 Å². The topological polar surface area (TPSA) is 55.7 Å². The summed E-state index contributed by atoms with van der Waals surface area (Å²) in [6.07, 6.45) is 5.61.